The summed E-state index contributed by atoms with van der Waals surface area (Å²) in [5, 5.41) is 5.87. The first-order chi connectivity index (χ1) is 21.0. The lowest BCUT2D eigenvalue weighted by Crippen LogP contribution is -2.32. The Hall–Kier alpha value is -3.48. The van der Waals surface area contributed by atoms with Crippen molar-refractivity contribution >= 4 is 11.6 Å². The molecule has 7 heteroatoms. The van der Waals surface area contributed by atoms with Crippen LogP contribution in [0.15, 0.2) is 59.4 Å². The number of nitrogens with zero attached hydrogens (tertiary/aromatic N) is 1. The zero-order chi connectivity index (χ0) is 30.7. The number of hydrogen-bond acceptors (Lipinski definition) is 4. The first-order valence-electron chi connectivity index (χ1n) is 16.7. The summed E-state index contributed by atoms with van der Waals surface area (Å²) in [6, 6.07) is 16.6. The number of carbonyl (C=O) groups is 1. The van der Waals surface area contributed by atoms with Crippen LogP contribution in [0.4, 0.5) is 5.69 Å². The molecule has 236 valence electrons. The number of nitrogens with one attached hydrogen (secondary N) is 2. The molecule has 3 rings (SSSR count). The monoisotopic (exact) mass is 591 g/mol. The van der Waals surface area contributed by atoms with Gasteiger partial charge in [0, 0.05) is 5.69 Å². The van der Waals surface area contributed by atoms with Crippen molar-refractivity contribution in [1.82, 2.24) is 9.78 Å². The number of aromatic nitrogens is 2. The standard InChI is InChI=1S/C36H53N3O4/c1-4-7-8-9-10-11-12-13-14-15-16-17-18-20-29-21-19-22-32(27-29)43-33(5-2)36(41)37-30-23-25-31(26-24-30)39-35(40)28-34(38-39)42-6-3/h19,21-28,33,38H,4-18,20H2,1-3H3,(H,37,41). The highest BCUT2D eigenvalue weighted by atomic mass is 16.5. The molecule has 0 bridgehead atoms. The van der Waals surface area contributed by atoms with Crippen molar-refractivity contribution in [2.45, 2.75) is 123 Å². The van der Waals surface area contributed by atoms with Crippen LogP contribution in [0, 0.1) is 0 Å². The molecule has 0 aliphatic heterocycles. The molecule has 7 nitrogen and oxygen atoms in total. The highest BCUT2D eigenvalue weighted by Crippen LogP contribution is 2.20. The van der Waals surface area contributed by atoms with Gasteiger partial charge in [0.1, 0.15) is 5.75 Å². The molecule has 43 heavy (non-hydrogen) atoms. The number of rotatable bonds is 22. The molecule has 0 saturated heterocycles. The molecule has 0 fully saturated rings. The maximum Gasteiger partial charge on any atom is 0.275 e. The quantitative estimate of drug-likeness (QED) is 0.114. The van der Waals surface area contributed by atoms with E-state index in [0.717, 1.165) is 12.2 Å². The predicted octanol–water partition coefficient (Wildman–Crippen LogP) is 8.99. The summed E-state index contributed by atoms with van der Waals surface area (Å²) in [4.78, 5) is 25.3. The second kappa shape index (κ2) is 19.7. The van der Waals surface area contributed by atoms with Crippen LogP contribution >= 0.6 is 0 Å². The molecule has 1 aromatic heterocycles. The molecule has 1 unspecified atom stereocenters. The lowest BCUT2D eigenvalue weighted by atomic mass is 10.0. The number of unbranched alkanes of at least 4 members (excludes halogenated alkanes) is 12. The van der Waals surface area contributed by atoms with Gasteiger partial charge in [-0.25, -0.2) is 4.68 Å². The molecule has 0 spiro atoms. The van der Waals surface area contributed by atoms with Crippen LogP contribution < -0.4 is 20.3 Å². The lowest BCUT2D eigenvalue weighted by molar-refractivity contribution is -0.122. The second-order valence-corrected chi connectivity index (χ2v) is 11.4. The van der Waals surface area contributed by atoms with Crippen LogP contribution in [0.25, 0.3) is 5.69 Å². The molecule has 0 aliphatic rings. The SMILES string of the molecule is CCCCCCCCCCCCCCCc1cccc(OC(CC)C(=O)Nc2ccc(-n3[nH]c(OCC)cc3=O)cc2)c1. The minimum absolute atomic E-state index is 0.201. The van der Waals surface area contributed by atoms with Crippen LogP contribution in [0.3, 0.4) is 0 Å². The minimum Gasteiger partial charge on any atom is -0.481 e. The number of hydrogen-bond donors (Lipinski definition) is 2. The van der Waals surface area contributed by atoms with Crippen LogP contribution in [-0.4, -0.2) is 28.4 Å². The smallest absolute Gasteiger partial charge is 0.275 e. The summed E-state index contributed by atoms with van der Waals surface area (Å²) in [5.74, 6) is 0.940. The van der Waals surface area contributed by atoms with Gasteiger partial charge in [0.05, 0.1) is 18.4 Å². The van der Waals surface area contributed by atoms with Crippen molar-refractivity contribution in [3.8, 4) is 17.3 Å². The summed E-state index contributed by atoms with van der Waals surface area (Å²) >= 11 is 0. The number of H-pyrrole nitrogens is 1. The average Bonchev–Trinajstić information content (AvgIpc) is 3.38. The van der Waals surface area contributed by atoms with Gasteiger partial charge < -0.3 is 14.8 Å². The molecular weight excluding hydrogens is 538 g/mol. The number of aromatic amines is 1. The highest BCUT2D eigenvalue weighted by molar-refractivity contribution is 5.94. The summed E-state index contributed by atoms with van der Waals surface area (Å²) in [7, 11) is 0. The maximum atomic E-state index is 13.0. The van der Waals surface area contributed by atoms with E-state index in [9.17, 15) is 9.59 Å². The largest absolute Gasteiger partial charge is 0.481 e. The van der Waals surface area contributed by atoms with Crippen molar-refractivity contribution in [1.29, 1.82) is 0 Å². The maximum absolute atomic E-state index is 13.0. The highest BCUT2D eigenvalue weighted by Gasteiger charge is 2.19. The fourth-order valence-electron chi connectivity index (χ4n) is 5.32. The number of ether oxygens (including phenoxy) is 2. The first-order valence-corrected chi connectivity index (χ1v) is 16.7. The van der Waals surface area contributed by atoms with Gasteiger partial charge >= 0.3 is 0 Å². The molecule has 3 aromatic rings. The molecule has 2 N–H and O–H groups in total. The molecule has 1 atom stereocenters. The predicted molar refractivity (Wildman–Crippen MR) is 177 cm³/mol. The summed E-state index contributed by atoms with van der Waals surface area (Å²) in [5.41, 5.74) is 2.32. The van der Waals surface area contributed by atoms with E-state index in [1.165, 1.54) is 99.8 Å². The molecule has 1 heterocycles. The van der Waals surface area contributed by atoms with Gasteiger partial charge in [-0.05, 0) is 68.1 Å². The third-order valence-corrected chi connectivity index (χ3v) is 7.80. The van der Waals surface area contributed by atoms with Gasteiger partial charge in [-0.2, -0.15) is 0 Å². The van der Waals surface area contributed by atoms with E-state index in [0.29, 0.717) is 30.3 Å². The Balaban J connectivity index is 1.37. The molecular formula is C36H53N3O4. The van der Waals surface area contributed by atoms with Gasteiger partial charge in [0.2, 0.25) is 5.88 Å². The van der Waals surface area contributed by atoms with Crippen LogP contribution in [0.1, 0.15) is 116 Å². The number of anilines is 1. The molecule has 0 radical (unpaired) electrons. The van der Waals surface area contributed by atoms with Crippen molar-refractivity contribution in [3.05, 3.63) is 70.5 Å². The number of benzene rings is 2. The van der Waals surface area contributed by atoms with Crippen molar-refractivity contribution < 1.29 is 14.3 Å². The molecule has 0 aliphatic carbocycles. The van der Waals surface area contributed by atoms with Crippen LogP contribution in [0.2, 0.25) is 0 Å². The fraction of sp³-hybridized carbons (Fsp3) is 0.556. The van der Waals surface area contributed by atoms with Crippen LogP contribution in [0.5, 0.6) is 11.6 Å². The third-order valence-electron chi connectivity index (χ3n) is 7.80. The van der Waals surface area contributed by atoms with Crippen molar-refractivity contribution in [2.75, 3.05) is 11.9 Å². The zero-order valence-electron chi connectivity index (χ0n) is 26.7. The minimum atomic E-state index is -0.606. The Labute approximate surface area is 258 Å². The first kappa shape index (κ1) is 34.0. The van der Waals surface area contributed by atoms with E-state index in [2.05, 4.69) is 29.5 Å². The average molecular weight is 592 g/mol. The molecule has 2 aromatic carbocycles. The van der Waals surface area contributed by atoms with E-state index in [1.807, 2.05) is 26.0 Å². The summed E-state index contributed by atoms with van der Waals surface area (Å²) < 4.78 is 12.9. The van der Waals surface area contributed by atoms with Crippen LogP contribution in [-0.2, 0) is 11.2 Å². The topological polar surface area (TPSA) is 85.3 Å². The fourth-order valence-corrected chi connectivity index (χ4v) is 5.32. The third kappa shape index (κ3) is 12.3. The Morgan fingerprint density at radius 3 is 2.05 bits per heavy atom. The van der Waals surface area contributed by atoms with Gasteiger partial charge in [0.15, 0.2) is 6.10 Å². The van der Waals surface area contributed by atoms with Gasteiger partial charge in [-0.1, -0.05) is 103 Å². The van der Waals surface area contributed by atoms with E-state index in [1.54, 1.807) is 24.3 Å². The normalized spacial score (nSPS) is 11.8. The number of carbonyl (C=O) groups excluding carboxylic acids is 1. The van der Waals surface area contributed by atoms with Gasteiger partial charge in [0.25, 0.3) is 11.5 Å². The summed E-state index contributed by atoms with van der Waals surface area (Å²) in [6.07, 6.45) is 18.6. The zero-order valence-corrected chi connectivity index (χ0v) is 26.7. The van der Waals surface area contributed by atoms with Crippen molar-refractivity contribution in [2.24, 2.45) is 0 Å². The van der Waals surface area contributed by atoms with Crippen molar-refractivity contribution in [3.63, 3.8) is 0 Å². The van der Waals surface area contributed by atoms with Gasteiger partial charge in [-0.3, -0.25) is 14.7 Å². The molecule has 1 amide bonds. The van der Waals surface area contributed by atoms with E-state index in [4.69, 9.17) is 9.47 Å². The Morgan fingerprint density at radius 2 is 1.44 bits per heavy atom. The second-order valence-electron chi connectivity index (χ2n) is 11.4. The van der Waals surface area contributed by atoms with Gasteiger partial charge in [-0.15, -0.1) is 0 Å². The molecule has 0 saturated carbocycles. The Bertz CT molecular complexity index is 1250. The Morgan fingerprint density at radius 1 is 0.814 bits per heavy atom. The Kier molecular flexibility index (Phi) is 15.6. The lowest BCUT2D eigenvalue weighted by Gasteiger charge is -2.18. The van der Waals surface area contributed by atoms with E-state index >= 15 is 0 Å². The summed E-state index contributed by atoms with van der Waals surface area (Å²) in [6.45, 7) is 6.54. The number of amides is 1. The van der Waals surface area contributed by atoms with E-state index in [-0.39, 0.29) is 11.5 Å². The number of aryl methyl sites for hydroxylation is 1. The van der Waals surface area contributed by atoms with E-state index < -0.39 is 6.10 Å².